The smallest absolute Gasteiger partial charge is 0.225 e. The fourth-order valence-electron chi connectivity index (χ4n) is 1.96. The van der Waals surface area contributed by atoms with E-state index in [9.17, 15) is 4.79 Å². The highest BCUT2D eigenvalue weighted by Gasteiger charge is 2.01. The van der Waals surface area contributed by atoms with Gasteiger partial charge in [0.15, 0.2) is 0 Å². The molecule has 2 aromatic carbocycles. The van der Waals surface area contributed by atoms with E-state index in [-0.39, 0.29) is 5.91 Å². The van der Waals surface area contributed by atoms with E-state index in [1.165, 1.54) is 5.56 Å². The number of nitrogens with one attached hydrogen (secondary N) is 2. The minimum atomic E-state index is 0.0280. The molecule has 0 saturated heterocycles. The van der Waals surface area contributed by atoms with Gasteiger partial charge in [-0.2, -0.15) is 0 Å². The molecule has 0 unspecified atom stereocenters. The summed E-state index contributed by atoms with van der Waals surface area (Å²) in [5.74, 6) is 0.0280. The molecule has 0 saturated carbocycles. The molecular weight excluding hydrogens is 284 g/mol. The lowest BCUT2D eigenvalue weighted by Crippen LogP contribution is -2.23. The zero-order valence-corrected chi connectivity index (χ0v) is 12.6. The number of para-hydroxylation sites is 1. The summed E-state index contributed by atoms with van der Waals surface area (Å²) < 4.78 is 0. The van der Waals surface area contributed by atoms with Crippen molar-refractivity contribution in [1.29, 1.82) is 0 Å². The van der Waals surface area contributed by atoms with Crippen molar-refractivity contribution in [2.24, 2.45) is 0 Å². The summed E-state index contributed by atoms with van der Waals surface area (Å²) in [5.41, 5.74) is 2.07. The third-order valence-corrected chi connectivity index (χ3v) is 3.34. The van der Waals surface area contributed by atoms with E-state index in [4.69, 9.17) is 11.6 Å². The van der Waals surface area contributed by atoms with E-state index in [0.29, 0.717) is 13.0 Å². The Kier molecular flexibility index (Phi) is 6.25. The first-order valence-electron chi connectivity index (χ1n) is 7.04. The zero-order chi connectivity index (χ0) is 14.9. The van der Waals surface area contributed by atoms with E-state index in [0.717, 1.165) is 23.7 Å². The van der Waals surface area contributed by atoms with Crippen LogP contribution in [0.5, 0.6) is 0 Å². The van der Waals surface area contributed by atoms with Gasteiger partial charge in [0.05, 0.1) is 0 Å². The van der Waals surface area contributed by atoms with Gasteiger partial charge in [-0.15, -0.1) is 0 Å². The lowest BCUT2D eigenvalue weighted by Gasteiger charge is -2.06. The summed E-state index contributed by atoms with van der Waals surface area (Å²) in [6.45, 7) is 1.52. The first-order valence-corrected chi connectivity index (χ1v) is 7.42. The number of amides is 1. The normalized spacial score (nSPS) is 10.3. The van der Waals surface area contributed by atoms with Crippen molar-refractivity contribution < 1.29 is 4.79 Å². The number of hydrogen-bond acceptors (Lipinski definition) is 2. The summed E-state index contributed by atoms with van der Waals surface area (Å²) in [5, 5.41) is 6.89. The SMILES string of the molecule is O=C(CCNCCc1ccc(Cl)cc1)Nc1ccccc1. The minimum Gasteiger partial charge on any atom is -0.326 e. The lowest BCUT2D eigenvalue weighted by atomic mass is 10.1. The quantitative estimate of drug-likeness (QED) is 0.769. The van der Waals surface area contributed by atoms with Gasteiger partial charge in [-0.1, -0.05) is 41.9 Å². The van der Waals surface area contributed by atoms with Gasteiger partial charge in [-0.3, -0.25) is 4.79 Å². The predicted molar refractivity (Wildman–Crippen MR) is 87.7 cm³/mol. The Morgan fingerprint density at radius 2 is 1.67 bits per heavy atom. The fraction of sp³-hybridized carbons (Fsp3) is 0.235. The average molecular weight is 303 g/mol. The third-order valence-electron chi connectivity index (χ3n) is 3.09. The number of hydrogen-bond donors (Lipinski definition) is 2. The first-order chi connectivity index (χ1) is 10.2. The Bertz CT molecular complexity index is 555. The van der Waals surface area contributed by atoms with Gasteiger partial charge >= 0.3 is 0 Å². The van der Waals surface area contributed by atoms with Gasteiger partial charge in [0.1, 0.15) is 0 Å². The van der Waals surface area contributed by atoms with E-state index < -0.39 is 0 Å². The number of halogens is 1. The molecular formula is C17H19ClN2O. The molecule has 0 aromatic heterocycles. The second-order valence-corrected chi connectivity index (χ2v) is 5.23. The highest BCUT2D eigenvalue weighted by Crippen LogP contribution is 2.09. The molecule has 2 rings (SSSR count). The molecule has 0 atom stereocenters. The molecule has 3 nitrogen and oxygen atoms in total. The molecule has 0 fully saturated rings. The topological polar surface area (TPSA) is 41.1 Å². The summed E-state index contributed by atoms with van der Waals surface area (Å²) in [4.78, 5) is 11.7. The van der Waals surface area contributed by atoms with Gasteiger partial charge < -0.3 is 10.6 Å². The molecule has 0 aliphatic rings. The molecule has 4 heteroatoms. The molecule has 0 radical (unpaired) electrons. The van der Waals surface area contributed by atoms with E-state index in [1.807, 2.05) is 54.6 Å². The Balaban J connectivity index is 1.59. The van der Waals surface area contributed by atoms with Crippen molar-refractivity contribution in [1.82, 2.24) is 5.32 Å². The number of rotatable bonds is 7. The van der Waals surface area contributed by atoms with Gasteiger partial charge in [0.2, 0.25) is 5.91 Å². The number of carbonyl (C=O) groups is 1. The number of benzene rings is 2. The highest BCUT2D eigenvalue weighted by molar-refractivity contribution is 6.30. The molecule has 0 spiro atoms. The van der Waals surface area contributed by atoms with Crippen LogP contribution in [-0.2, 0) is 11.2 Å². The largest absolute Gasteiger partial charge is 0.326 e. The van der Waals surface area contributed by atoms with Crippen LogP contribution in [0.2, 0.25) is 5.02 Å². The molecule has 2 aromatic rings. The van der Waals surface area contributed by atoms with Gasteiger partial charge in [0, 0.05) is 23.7 Å². The number of anilines is 1. The second kappa shape index (κ2) is 8.45. The molecule has 0 bridgehead atoms. The van der Waals surface area contributed by atoms with Gasteiger partial charge in [0.25, 0.3) is 0 Å². The first kappa shape index (κ1) is 15.5. The molecule has 21 heavy (non-hydrogen) atoms. The second-order valence-electron chi connectivity index (χ2n) is 4.79. The number of carbonyl (C=O) groups excluding carboxylic acids is 1. The van der Waals surface area contributed by atoms with E-state index in [1.54, 1.807) is 0 Å². The van der Waals surface area contributed by atoms with Gasteiger partial charge in [-0.25, -0.2) is 0 Å². The van der Waals surface area contributed by atoms with E-state index in [2.05, 4.69) is 10.6 Å². The van der Waals surface area contributed by atoms with Crippen LogP contribution in [0.3, 0.4) is 0 Å². The van der Waals surface area contributed by atoms with Crippen LogP contribution in [0.4, 0.5) is 5.69 Å². The predicted octanol–water partition coefficient (Wildman–Crippen LogP) is 3.50. The van der Waals surface area contributed by atoms with Crippen LogP contribution in [-0.4, -0.2) is 19.0 Å². The van der Waals surface area contributed by atoms with Crippen molar-refractivity contribution in [3.05, 3.63) is 65.2 Å². The highest BCUT2D eigenvalue weighted by atomic mass is 35.5. The van der Waals surface area contributed by atoms with Crippen LogP contribution in [0, 0.1) is 0 Å². The summed E-state index contributed by atoms with van der Waals surface area (Å²) in [6.07, 6.45) is 1.40. The maximum Gasteiger partial charge on any atom is 0.225 e. The Morgan fingerprint density at radius 1 is 0.952 bits per heavy atom. The zero-order valence-electron chi connectivity index (χ0n) is 11.8. The maximum absolute atomic E-state index is 11.7. The molecule has 1 amide bonds. The summed E-state index contributed by atoms with van der Waals surface area (Å²) in [6, 6.07) is 17.3. The summed E-state index contributed by atoms with van der Waals surface area (Å²) in [7, 11) is 0. The van der Waals surface area contributed by atoms with Crippen molar-refractivity contribution in [2.45, 2.75) is 12.8 Å². The minimum absolute atomic E-state index is 0.0280. The van der Waals surface area contributed by atoms with Crippen LogP contribution >= 0.6 is 11.6 Å². The molecule has 110 valence electrons. The Morgan fingerprint density at radius 3 is 2.38 bits per heavy atom. The van der Waals surface area contributed by atoms with Crippen LogP contribution < -0.4 is 10.6 Å². The van der Waals surface area contributed by atoms with Crippen LogP contribution in [0.1, 0.15) is 12.0 Å². The molecule has 2 N–H and O–H groups in total. The lowest BCUT2D eigenvalue weighted by molar-refractivity contribution is -0.116. The maximum atomic E-state index is 11.7. The van der Waals surface area contributed by atoms with E-state index >= 15 is 0 Å². The van der Waals surface area contributed by atoms with Crippen molar-refractivity contribution >= 4 is 23.2 Å². The van der Waals surface area contributed by atoms with Crippen molar-refractivity contribution in [3.63, 3.8) is 0 Å². The molecule has 0 aliphatic heterocycles. The summed E-state index contributed by atoms with van der Waals surface area (Å²) >= 11 is 5.84. The van der Waals surface area contributed by atoms with Crippen molar-refractivity contribution in [2.75, 3.05) is 18.4 Å². The molecule has 0 heterocycles. The standard InChI is InChI=1S/C17H19ClN2O/c18-15-8-6-14(7-9-15)10-12-19-13-11-17(21)20-16-4-2-1-3-5-16/h1-9,19H,10-13H2,(H,20,21). The Hall–Kier alpha value is -1.84. The fourth-order valence-corrected chi connectivity index (χ4v) is 2.08. The Labute approximate surface area is 130 Å². The van der Waals surface area contributed by atoms with Crippen LogP contribution in [0.15, 0.2) is 54.6 Å². The average Bonchev–Trinajstić information content (AvgIpc) is 2.50. The van der Waals surface area contributed by atoms with Crippen molar-refractivity contribution in [3.8, 4) is 0 Å². The molecule has 0 aliphatic carbocycles. The monoisotopic (exact) mass is 302 g/mol. The van der Waals surface area contributed by atoms with Gasteiger partial charge in [-0.05, 0) is 42.8 Å². The third kappa shape index (κ3) is 5.98. The van der Waals surface area contributed by atoms with Crippen LogP contribution in [0.25, 0.3) is 0 Å².